The van der Waals surface area contributed by atoms with Crippen LogP contribution in [-0.2, 0) is 24.1 Å². The molecule has 1 N–H and O–H groups in total. The number of benzene rings is 1. The molecule has 0 saturated carbocycles. The lowest BCUT2D eigenvalue weighted by atomic mass is 10.2. The van der Waals surface area contributed by atoms with Gasteiger partial charge in [-0.3, -0.25) is 14.2 Å². The third-order valence-electron chi connectivity index (χ3n) is 3.84. The zero-order valence-corrected chi connectivity index (χ0v) is 16.0. The average molecular weight is 432 g/mol. The van der Waals surface area contributed by atoms with Crippen molar-refractivity contribution in [3.05, 3.63) is 63.5 Å². The van der Waals surface area contributed by atoms with E-state index in [0.29, 0.717) is 11.6 Å². The van der Waals surface area contributed by atoms with Crippen molar-refractivity contribution in [2.24, 2.45) is 0 Å². The van der Waals surface area contributed by atoms with E-state index in [2.05, 4.69) is 15.5 Å². The molecule has 1 aromatic carbocycles. The molecule has 2 heterocycles. The van der Waals surface area contributed by atoms with Crippen LogP contribution in [-0.4, -0.2) is 25.5 Å². The van der Waals surface area contributed by atoms with Crippen molar-refractivity contribution in [1.29, 1.82) is 0 Å². The Bertz CT molecular complexity index is 1010. The van der Waals surface area contributed by atoms with Gasteiger partial charge < -0.3 is 5.32 Å². The molecular weight excluding hydrogens is 418 g/mol. The zero-order valence-electron chi connectivity index (χ0n) is 14.5. The molecule has 0 aliphatic carbocycles. The van der Waals surface area contributed by atoms with E-state index in [1.165, 1.54) is 6.92 Å². The van der Waals surface area contributed by atoms with Crippen LogP contribution in [0.5, 0.6) is 0 Å². The number of halogens is 5. The summed E-state index contributed by atoms with van der Waals surface area (Å²) in [6, 6.07) is 8.83. The van der Waals surface area contributed by atoms with Gasteiger partial charge in [0.2, 0.25) is 5.91 Å². The Hall–Kier alpha value is -2.52. The second kappa shape index (κ2) is 7.84. The molecular formula is C17H14Cl2F3N5O. The van der Waals surface area contributed by atoms with Crippen molar-refractivity contribution in [2.75, 3.05) is 5.32 Å². The zero-order chi connectivity index (χ0) is 20.5. The molecule has 0 saturated heterocycles. The largest absolute Gasteiger partial charge is 0.436 e. The van der Waals surface area contributed by atoms with Gasteiger partial charge in [-0.2, -0.15) is 23.4 Å². The van der Waals surface area contributed by atoms with E-state index in [-0.39, 0.29) is 11.5 Å². The quantitative estimate of drug-likeness (QED) is 0.650. The first kappa shape index (κ1) is 20.2. The summed E-state index contributed by atoms with van der Waals surface area (Å²) in [5.41, 5.74) is -0.240. The number of carbonyl (C=O) groups is 1. The van der Waals surface area contributed by atoms with Crippen LogP contribution in [0.4, 0.5) is 19.0 Å². The van der Waals surface area contributed by atoms with E-state index in [1.807, 2.05) is 12.1 Å². The first-order valence-electron chi connectivity index (χ1n) is 8.01. The molecule has 0 aliphatic heterocycles. The van der Waals surface area contributed by atoms with Crippen molar-refractivity contribution in [2.45, 2.75) is 26.2 Å². The maximum Gasteiger partial charge on any atom is 0.436 e. The smallest absolute Gasteiger partial charge is 0.308 e. The Kier molecular flexibility index (Phi) is 5.66. The number of aromatic nitrogens is 4. The number of nitrogens with one attached hydrogen (secondary N) is 1. The maximum absolute atomic E-state index is 12.9. The number of hydrogen-bond donors (Lipinski definition) is 1. The second-order valence-electron chi connectivity index (χ2n) is 5.98. The van der Waals surface area contributed by atoms with Gasteiger partial charge >= 0.3 is 6.18 Å². The summed E-state index contributed by atoms with van der Waals surface area (Å²) in [7, 11) is 0. The molecule has 6 nitrogen and oxygen atoms in total. The van der Waals surface area contributed by atoms with Crippen LogP contribution in [0.3, 0.4) is 0 Å². The highest BCUT2D eigenvalue weighted by atomic mass is 35.5. The topological polar surface area (TPSA) is 64.7 Å². The summed E-state index contributed by atoms with van der Waals surface area (Å²) >= 11 is 11.6. The molecule has 28 heavy (non-hydrogen) atoms. The molecule has 0 radical (unpaired) electrons. The van der Waals surface area contributed by atoms with E-state index < -0.39 is 29.3 Å². The van der Waals surface area contributed by atoms with Crippen LogP contribution in [0.2, 0.25) is 10.0 Å². The van der Waals surface area contributed by atoms with E-state index in [9.17, 15) is 18.0 Å². The Morgan fingerprint density at radius 3 is 2.61 bits per heavy atom. The minimum Gasteiger partial charge on any atom is -0.308 e. The van der Waals surface area contributed by atoms with Crippen LogP contribution in [0.25, 0.3) is 0 Å². The summed E-state index contributed by atoms with van der Waals surface area (Å²) in [5, 5.41) is 10.2. The van der Waals surface area contributed by atoms with Crippen LogP contribution >= 0.6 is 23.2 Å². The van der Waals surface area contributed by atoms with Gasteiger partial charge in [-0.15, -0.1) is 0 Å². The third kappa shape index (κ3) is 4.66. The molecule has 0 bridgehead atoms. The molecule has 2 aromatic heterocycles. The molecule has 0 atom stereocenters. The van der Waals surface area contributed by atoms with Gasteiger partial charge in [0.15, 0.2) is 11.5 Å². The van der Waals surface area contributed by atoms with Gasteiger partial charge in [-0.1, -0.05) is 35.3 Å². The predicted octanol–water partition coefficient (Wildman–Crippen LogP) is 4.40. The predicted molar refractivity (Wildman–Crippen MR) is 98.4 cm³/mol. The molecule has 1 amide bonds. The lowest BCUT2D eigenvalue weighted by molar-refractivity contribution is -0.141. The number of carbonyl (C=O) groups excluding carboxylic acids is 1. The van der Waals surface area contributed by atoms with Gasteiger partial charge in [0.05, 0.1) is 17.3 Å². The molecule has 0 aliphatic rings. The SMILES string of the molecule is Cc1c(Cl)c(C(F)(F)F)nn1CC(=O)Nc1ccn(Cc2cccc(Cl)c2)n1. The van der Waals surface area contributed by atoms with Gasteiger partial charge in [0.25, 0.3) is 0 Å². The summed E-state index contributed by atoms with van der Waals surface area (Å²) in [5.74, 6) is -0.317. The molecule has 3 rings (SSSR count). The van der Waals surface area contributed by atoms with Crippen molar-refractivity contribution in [1.82, 2.24) is 19.6 Å². The van der Waals surface area contributed by atoms with Crippen LogP contribution < -0.4 is 5.32 Å². The molecule has 0 spiro atoms. The molecule has 0 unspecified atom stereocenters. The number of alkyl halides is 3. The third-order valence-corrected chi connectivity index (χ3v) is 4.52. The fourth-order valence-corrected chi connectivity index (χ4v) is 2.97. The lowest BCUT2D eigenvalue weighted by Gasteiger charge is -2.05. The summed E-state index contributed by atoms with van der Waals surface area (Å²) in [6.07, 6.45) is -3.03. The lowest BCUT2D eigenvalue weighted by Crippen LogP contribution is -2.21. The van der Waals surface area contributed by atoms with E-state index in [1.54, 1.807) is 29.1 Å². The highest BCUT2D eigenvalue weighted by Gasteiger charge is 2.38. The number of amides is 1. The Morgan fingerprint density at radius 1 is 1.21 bits per heavy atom. The van der Waals surface area contributed by atoms with Gasteiger partial charge in [0.1, 0.15) is 6.54 Å². The van der Waals surface area contributed by atoms with Crippen LogP contribution in [0.1, 0.15) is 17.0 Å². The van der Waals surface area contributed by atoms with Crippen LogP contribution in [0.15, 0.2) is 36.5 Å². The molecule has 148 valence electrons. The normalized spacial score (nSPS) is 11.6. The van der Waals surface area contributed by atoms with E-state index in [4.69, 9.17) is 23.2 Å². The summed E-state index contributed by atoms with van der Waals surface area (Å²) < 4.78 is 41.1. The van der Waals surface area contributed by atoms with Gasteiger partial charge in [-0.25, -0.2) is 0 Å². The highest BCUT2D eigenvalue weighted by molar-refractivity contribution is 6.32. The minimum absolute atomic E-state index is 0.0515. The number of anilines is 1. The van der Waals surface area contributed by atoms with Crippen molar-refractivity contribution in [3.63, 3.8) is 0 Å². The molecule has 3 aromatic rings. The maximum atomic E-state index is 12.9. The van der Waals surface area contributed by atoms with Crippen molar-refractivity contribution < 1.29 is 18.0 Å². The highest BCUT2D eigenvalue weighted by Crippen LogP contribution is 2.35. The number of rotatable bonds is 5. The van der Waals surface area contributed by atoms with E-state index in [0.717, 1.165) is 10.2 Å². The Labute approximate surface area is 167 Å². The van der Waals surface area contributed by atoms with E-state index >= 15 is 0 Å². The second-order valence-corrected chi connectivity index (χ2v) is 6.79. The average Bonchev–Trinajstić information content (AvgIpc) is 3.13. The van der Waals surface area contributed by atoms with Gasteiger partial charge in [-0.05, 0) is 24.6 Å². The number of hydrogen-bond acceptors (Lipinski definition) is 3. The first-order chi connectivity index (χ1) is 13.1. The molecule has 11 heteroatoms. The first-order valence-corrected chi connectivity index (χ1v) is 8.77. The summed E-state index contributed by atoms with van der Waals surface area (Å²) in [6.45, 7) is 1.37. The molecule has 0 fully saturated rings. The fourth-order valence-electron chi connectivity index (χ4n) is 2.52. The van der Waals surface area contributed by atoms with Crippen LogP contribution in [0, 0.1) is 6.92 Å². The minimum atomic E-state index is -4.69. The Morgan fingerprint density at radius 2 is 1.96 bits per heavy atom. The monoisotopic (exact) mass is 431 g/mol. The van der Waals surface area contributed by atoms with Gasteiger partial charge in [0, 0.05) is 17.3 Å². The standard InChI is InChI=1S/C17H14Cl2F3N5O/c1-10-15(19)16(17(20,21)22)25-27(10)9-14(28)23-13-5-6-26(24-13)8-11-3-2-4-12(18)7-11/h2-7H,8-9H2,1H3,(H,23,24,28). The number of nitrogens with zero attached hydrogens (tertiary/aromatic N) is 4. The van der Waals surface area contributed by atoms with Crippen molar-refractivity contribution >= 4 is 34.9 Å². The fraction of sp³-hybridized carbons (Fsp3) is 0.235. The Balaban J connectivity index is 1.65. The summed E-state index contributed by atoms with van der Waals surface area (Å²) in [4.78, 5) is 12.2. The van der Waals surface area contributed by atoms with Crippen molar-refractivity contribution in [3.8, 4) is 0 Å².